The minimum atomic E-state index is -0.835. The molecule has 0 bridgehead atoms. The van der Waals surface area contributed by atoms with Gasteiger partial charge in [0.2, 0.25) is 5.91 Å². The molecular weight excluding hydrogens is 382 g/mol. The number of hydrogen-bond donors (Lipinski definition) is 0. The molecule has 26 heavy (non-hydrogen) atoms. The van der Waals surface area contributed by atoms with Crippen molar-refractivity contribution in [3.63, 3.8) is 0 Å². The minimum absolute atomic E-state index is 0.0651. The van der Waals surface area contributed by atoms with E-state index in [1.165, 1.54) is 35.4 Å². The number of thiophene rings is 1. The van der Waals surface area contributed by atoms with Gasteiger partial charge >= 0.3 is 0 Å². The molecule has 0 saturated carbocycles. The first-order valence-electron chi connectivity index (χ1n) is 7.41. The number of benzene rings is 1. The van der Waals surface area contributed by atoms with Crippen LogP contribution < -0.4 is 0 Å². The number of likely N-dealkylation sites (N-methyl/N-ethyl adjacent to an activating group) is 1. The number of nitro benzene ring substituents is 1. The van der Waals surface area contributed by atoms with Crippen LogP contribution in [0.1, 0.15) is 25.6 Å². The molecule has 0 saturated heterocycles. The van der Waals surface area contributed by atoms with E-state index in [9.17, 15) is 24.5 Å². The summed E-state index contributed by atoms with van der Waals surface area (Å²) in [5, 5.41) is 11.1. The average molecular weight is 394 g/mol. The topological polar surface area (TPSA) is 101 Å². The number of nitrogens with zero attached hydrogens (tertiary/aromatic N) is 3. The molecule has 10 heteroatoms. The molecule has 0 spiro atoms. The molecule has 2 heterocycles. The van der Waals surface area contributed by atoms with Crippen LogP contribution in [0.4, 0.5) is 5.69 Å². The van der Waals surface area contributed by atoms with Gasteiger partial charge in [-0.2, -0.15) is 0 Å². The smallest absolute Gasteiger partial charge is 0.282 e. The summed E-state index contributed by atoms with van der Waals surface area (Å²) in [6, 6.07) is 7.32. The van der Waals surface area contributed by atoms with Crippen molar-refractivity contribution in [1.29, 1.82) is 0 Å². The fourth-order valence-corrected chi connectivity index (χ4v) is 3.77. The summed E-state index contributed by atoms with van der Waals surface area (Å²) >= 11 is 7.17. The van der Waals surface area contributed by atoms with Crippen LogP contribution in [0.2, 0.25) is 4.34 Å². The summed E-state index contributed by atoms with van der Waals surface area (Å²) < 4.78 is 0.591. The van der Waals surface area contributed by atoms with Gasteiger partial charge < -0.3 is 4.90 Å². The number of amides is 3. The monoisotopic (exact) mass is 393 g/mol. The van der Waals surface area contributed by atoms with Gasteiger partial charge in [0.15, 0.2) is 0 Å². The normalized spacial score (nSPS) is 13.1. The first-order valence-corrected chi connectivity index (χ1v) is 8.61. The Bertz CT molecular complexity index is 942. The van der Waals surface area contributed by atoms with E-state index in [2.05, 4.69) is 0 Å². The Hall–Kier alpha value is -2.78. The molecular formula is C16H12ClN3O5S. The highest BCUT2D eigenvalue weighted by Crippen LogP contribution is 2.30. The van der Waals surface area contributed by atoms with Crippen molar-refractivity contribution < 1.29 is 19.3 Å². The van der Waals surface area contributed by atoms with Crippen LogP contribution in [-0.4, -0.2) is 46.0 Å². The maximum atomic E-state index is 12.5. The zero-order valence-corrected chi connectivity index (χ0v) is 15.0. The third kappa shape index (κ3) is 3.18. The fourth-order valence-electron chi connectivity index (χ4n) is 2.63. The summed E-state index contributed by atoms with van der Waals surface area (Å²) in [6.45, 7) is -0.210. The lowest BCUT2D eigenvalue weighted by Crippen LogP contribution is -2.40. The van der Waals surface area contributed by atoms with Crippen LogP contribution in [0.25, 0.3) is 0 Å². The van der Waals surface area contributed by atoms with Gasteiger partial charge in [-0.1, -0.05) is 17.7 Å². The largest absolute Gasteiger partial charge is 0.339 e. The van der Waals surface area contributed by atoms with Crippen LogP contribution in [0.3, 0.4) is 0 Å². The zero-order chi connectivity index (χ0) is 19.0. The van der Waals surface area contributed by atoms with Crippen molar-refractivity contribution in [1.82, 2.24) is 9.80 Å². The Balaban J connectivity index is 1.77. The maximum absolute atomic E-state index is 12.5. The molecule has 0 aliphatic carbocycles. The molecule has 0 atom stereocenters. The van der Waals surface area contributed by atoms with Crippen LogP contribution in [0, 0.1) is 10.1 Å². The highest BCUT2D eigenvalue weighted by molar-refractivity contribution is 7.16. The molecule has 1 aliphatic rings. The maximum Gasteiger partial charge on any atom is 0.282 e. The number of carbonyl (C=O) groups excluding carboxylic acids is 3. The van der Waals surface area contributed by atoms with E-state index < -0.39 is 34.9 Å². The average Bonchev–Trinajstić information content (AvgIpc) is 3.11. The van der Waals surface area contributed by atoms with E-state index in [-0.39, 0.29) is 17.7 Å². The number of fused-ring (bicyclic) bond motifs is 1. The Morgan fingerprint density at radius 3 is 2.62 bits per heavy atom. The van der Waals surface area contributed by atoms with Crippen molar-refractivity contribution in [3.05, 3.63) is 60.8 Å². The molecule has 1 aliphatic heterocycles. The predicted molar refractivity (Wildman–Crippen MR) is 94.3 cm³/mol. The minimum Gasteiger partial charge on any atom is -0.339 e. The predicted octanol–water partition coefficient (Wildman–Crippen LogP) is 2.56. The molecule has 0 radical (unpaired) electrons. The van der Waals surface area contributed by atoms with E-state index in [4.69, 9.17) is 11.6 Å². The number of nitro groups is 1. The van der Waals surface area contributed by atoms with Crippen molar-refractivity contribution in [2.75, 3.05) is 13.6 Å². The lowest BCUT2D eigenvalue weighted by molar-refractivity contribution is -0.385. The number of carbonyl (C=O) groups is 3. The van der Waals surface area contributed by atoms with Crippen LogP contribution in [0.15, 0.2) is 30.3 Å². The molecule has 1 aromatic heterocycles. The third-order valence-electron chi connectivity index (χ3n) is 3.91. The van der Waals surface area contributed by atoms with Gasteiger partial charge in [-0.15, -0.1) is 11.3 Å². The van der Waals surface area contributed by atoms with Gasteiger partial charge in [0, 0.05) is 18.0 Å². The summed E-state index contributed by atoms with van der Waals surface area (Å²) in [6.07, 6.45) is 0. The molecule has 0 unspecified atom stereocenters. The van der Waals surface area contributed by atoms with Crippen molar-refractivity contribution in [2.24, 2.45) is 0 Å². The first-order chi connectivity index (χ1) is 12.3. The van der Waals surface area contributed by atoms with Crippen molar-refractivity contribution in [3.8, 4) is 0 Å². The Kier molecular flexibility index (Phi) is 4.75. The van der Waals surface area contributed by atoms with Gasteiger partial charge in [0.1, 0.15) is 12.1 Å². The Morgan fingerprint density at radius 1 is 1.27 bits per heavy atom. The SMILES string of the molecule is CN(Cc1ccc(Cl)s1)C(=O)CN1C(=O)c2cccc([N+](=O)[O-])c2C1=O. The molecule has 8 nitrogen and oxygen atoms in total. The molecule has 2 aromatic rings. The van der Waals surface area contributed by atoms with Gasteiger partial charge in [0.25, 0.3) is 17.5 Å². The van der Waals surface area contributed by atoms with Gasteiger partial charge in [-0.25, -0.2) is 0 Å². The van der Waals surface area contributed by atoms with E-state index in [1.807, 2.05) is 0 Å². The Labute approximate surface area is 156 Å². The third-order valence-corrected chi connectivity index (χ3v) is 5.13. The zero-order valence-electron chi connectivity index (χ0n) is 13.5. The fraction of sp³-hybridized carbons (Fsp3) is 0.188. The second-order valence-electron chi connectivity index (χ2n) is 5.61. The molecule has 3 amide bonds. The quantitative estimate of drug-likeness (QED) is 0.441. The van der Waals surface area contributed by atoms with Gasteiger partial charge in [-0.05, 0) is 18.2 Å². The molecule has 134 valence electrons. The summed E-state index contributed by atoms with van der Waals surface area (Å²) in [7, 11) is 1.54. The molecule has 0 fully saturated rings. The van der Waals surface area contributed by atoms with Crippen LogP contribution >= 0.6 is 22.9 Å². The second-order valence-corrected chi connectivity index (χ2v) is 7.41. The molecule has 0 N–H and O–H groups in total. The van der Waals surface area contributed by atoms with Crippen molar-refractivity contribution in [2.45, 2.75) is 6.54 Å². The second kappa shape index (κ2) is 6.85. The standard InChI is InChI=1S/C16H12ClN3O5S/c1-18(7-9-5-6-12(17)26-9)13(21)8-19-15(22)10-3-2-4-11(20(24)25)14(10)16(19)23/h2-6H,7-8H2,1H3. The summed E-state index contributed by atoms with van der Waals surface area (Å²) in [5.74, 6) is -2.01. The van der Waals surface area contributed by atoms with Crippen LogP contribution in [-0.2, 0) is 11.3 Å². The van der Waals surface area contributed by atoms with Gasteiger partial charge in [-0.3, -0.25) is 29.4 Å². The Morgan fingerprint density at radius 2 is 2.00 bits per heavy atom. The van der Waals surface area contributed by atoms with Crippen molar-refractivity contribution >= 4 is 46.3 Å². The number of imide groups is 1. The molecule has 3 rings (SSSR count). The van der Waals surface area contributed by atoms with E-state index in [0.717, 1.165) is 15.8 Å². The van der Waals surface area contributed by atoms with E-state index in [0.29, 0.717) is 4.34 Å². The lowest BCUT2D eigenvalue weighted by Gasteiger charge is -2.20. The number of hydrogen-bond acceptors (Lipinski definition) is 6. The van der Waals surface area contributed by atoms with E-state index in [1.54, 1.807) is 12.1 Å². The highest BCUT2D eigenvalue weighted by atomic mass is 35.5. The van der Waals surface area contributed by atoms with E-state index >= 15 is 0 Å². The lowest BCUT2D eigenvalue weighted by atomic mass is 10.1. The summed E-state index contributed by atoms with van der Waals surface area (Å²) in [4.78, 5) is 50.6. The van der Waals surface area contributed by atoms with Crippen LogP contribution in [0.5, 0.6) is 0 Å². The number of halogens is 1. The molecule has 1 aromatic carbocycles. The highest BCUT2D eigenvalue weighted by Gasteiger charge is 2.41. The summed E-state index contributed by atoms with van der Waals surface area (Å²) in [5.41, 5.74) is -0.787. The van der Waals surface area contributed by atoms with Gasteiger partial charge in [0.05, 0.1) is 21.4 Å². The first kappa shape index (κ1) is 18.0. The number of rotatable bonds is 5.